The van der Waals surface area contributed by atoms with Crippen molar-refractivity contribution in [2.24, 2.45) is 0 Å². The Balaban J connectivity index is 2.09. The van der Waals surface area contributed by atoms with Crippen LogP contribution in [-0.2, 0) is 9.59 Å². The lowest BCUT2D eigenvalue weighted by Crippen LogP contribution is -2.07. The molecule has 0 atom stereocenters. The Morgan fingerprint density at radius 2 is 1.85 bits per heavy atom. The number of hydrogen-bond acceptors (Lipinski definition) is 6. The van der Waals surface area contributed by atoms with Crippen LogP contribution in [0.3, 0.4) is 0 Å². The maximum absolute atomic E-state index is 11.7. The lowest BCUT2D eigenvalue weighted by molar-refractivity contribution is -0.134. The average molecular weight is 354 g/mol. The van der Waals surface area contributed by atoms with Gasteiger partial charge in [-0.05, 0) is 31.2 Å². The summed E-state index contributed by atoms with van der Waals surface area (Å²) in [6.45, 7) is 6.84. The molecule has 0 spiro atoms. The van der Waals surface area contributed by atoms with Gasteiger partial charge in [-0.1, -0.05) is 13.5 Å². The molecule has 26 heavy (non-hydrogen) atoms. The van der Waals surface area contributed by atoms with Gasteiger partial charge in [0.05, 0.1) is 7.11 Å². The van der Waals surface area contributed by atoms with Gasteiger partial charge < -0.3 is 18.6 Å². The average Bonchev–Trinajstić information content (AvgIpc) is 2.98. The summed E-state index contributed by atoms with van der Waals surface area (Å²) in [7, 11) is 1.48. The molecule has 6 nitrogen and oxygen atoms in total. The van der Waals surface area contributed by atoms with E-state index >= 15 is 0 Å². The van der Waals surface area contributed by atoms with Crippen LogP contribution in [0.4, 0.5) is 0 Å². The second-order valence-electron chi connectivity index (χ2n) is 5.73. The molecule has 2 aromatic carbocycles. The predicted molar refractivity (Wildman–Crippen MR) is 96.6 cm³/mol. The predicted octanol–water partition coefficient (Wildman–Crippen LogP) is 4.39. The van der Waals surface area contributed by atoms with Gasteiger partial charge >= 0.3 is 11.9 Å². The van der Waals surface area contributed by atoms with E-state index in [0.717, 1.165) is 10.8 Å². The van der Waals surface area contributed by atoms with Gasteiger partial charge in [-0.3, -0.25) is 4.79 Å². The highest BCUT2D eigenvalue weighted by Crippen LogP contribution is 2.41. The Kier molecular flexibility index (Phi) is 4.67. The van der Waals surface area contributed by atoms with Crippen LogP contribution in [-0.4, -0.2) is 19.0 Å². The first-order chi connectivity index (χ1) is 12.4. The first kappa shape index (κ1) is 17.5. The fourth-order valence-corrected chi connectivity index (χ4v) is 2.50. The molecule has 1 heterocycles. The van der Waals surface area contributed by atoms with Crippen LogP contribution in [0, 0.1) is 0 Å². The fourth-order valence-electron chi connectivity index (χ4n) is 2.50. The zero-order valence-electron chi connectivity index (χ0n) is 14.8. The van der Waals surface area contributed by atoms with Crippen molar-refractivity contribution in [2.45, 2.75) is 20.3 Å². The molecule has 0 N–H and O–H groups in total. The molecule has 0 aliphatic carbocycles. The van der Waals surface area contributed by atoms with Crippen molar-refractivity contribution in [2.75, 3.05) is 7.11 Å². The quantitative estimate of drug-likeness (QED) is 0.384. The SMILES string of the molecule is C=C(C)C(=O)Oc1ccc2c(c1)oc1c(OC)c(OC(=O)CC)ccc12. The van der Waals surface area contributed by atoms with E-state index in [1.807, 2.05) is 0 Å². The van der Waals surface area contributed by atoms with E-state index in [4.69, 9.17) is 18.6 Å². The summed E-state index contributed by atoms with van der Waals surface area (Å²) in [4.78, 5) is 23.3. The monoisotopic (exact) mass is 354 g/mol. The minimum Gasteiger partial charge on any atom is -0.490 e. The summed E-state index contributed by atoms with van der Waals surface area (Å²) in [5.41, 5.74) is 1.27. The number of hydrogen-bond donors (Lipinski definition) is 0. The third-order valence-electron chi connectivity index (χ3n) is 3.81. The Bertz CT molecular complexity index is 1030. The lowest BCUT2D eigenvalue weighted by Gasteiger charge is -2.08. The zero-order valence-corrected chi connectivity index (χ0v) is 14.8. The van der Waals surface area contributed by atoms with Crippen molar-refractivity contribution in [3.63, 3.8) is 0 Å². The molecular formula is C20H18O6. The van der Waals surface area contributed by atoms with E-state index < -0.39 is 5.97 Å². The molecule has 0 saturated carbocycles. The standard InChI is InChI=1S/C20H18O6/c1-5-17(21)25-15-9-8-14-13-7-6-12(24-20(22)11(2)3)10-16(13)26-18(14)19(15)23-4/h6-10H,2,5H2,1,3-4H3. The van der Waals surface area contributed by atoms with Crippen molar-refractivity contribution in [3.8, 4) is 17.2 Å². The number of fused-ring (bicyclic) bond motifs is 3. The number of rotatable bonds is 5. The summed E-state index contributed by atoms with van der Waals surface area (Å²) < 4.78 is 21.8. The molecule has 1 aromatic heterocycles. The third kappa shape index (κ3) is 3.13. The maximum Gasteiger partial charge on any atom is 0.338 e. The normalized spacial score (nSPS) is 10.7. The molecule has 0 aliphatic heterocycles. The first-order valence-electron chi connectivity index (χ1n) is 8.06. The van der Waals surface area contributed by atoms with Crippen LogP contribution in [0.2, 0.25) is 0 Å². The maximum atomic E-state index is 11.7. The Morgan fingerprint density at radius 3 is 2.50 bits per heavy atom. The summed E-state index contributed by atoms with van der Waals surface area (Å²) in [5.74, 6) is 0.0986. The number of carbonyl (C=O) groups is 2. The van der Waals surface area contributed by atoms with Gasteiger partial charge in [0.1, 0.15) is 11.3 Å². The first-order valence-corrected chi connectivity index (χ1v) is 8.06. The molecule has 0 amide bonds. The Hall–Kier alpha value is -3.28. The van der Waals surface area contributed by atoms with Gasteiger partial charge in [-0.15, -0.1) is 0 Å². The molecule has 0 radical (unpaired) electrons. The van der Waals surface area contributed by atoms with Crippen molar-refractivity contribution in [3.05, 3.63) is 42.5 Å². The summed E-state index contributed by atoms with van der Waals surface area (Å²) in [6, 6.07) is 8.54. The number of furan rings is 1. The van der Waals surface area contributed by atoms with Gasteiger partial charge in [0.15, 0.2) is 11.3 Å². The molecule has 0 saturated heterocycles. The highest BCUT2D eigenvalue weighted by Gasteiger charge is 2.18. The smallest absolute Gasteiger partial charge is 0.338 e. The van der Waals surface area contributed by atoms with Crippen LogP contribution in [0.5, 0.6) is 17.2 Å². The van der Waals surface area contributed by atoms with E-state index in [9.17, 15) is 9.59 Å². The Labute approximate surface area is 149 Å². The van der Waals surface area contributed by atoms with E-state index in [1.54, 1.807) is 44.2 Å². The van der Waals surface area contributed by atoms with Crippen LogP contribution >= 0.6 is 0 Å². The van der Waals surface area contributed by atoms with Crippen LogP contribution < -0.4 is 14.2 Å². The van der Waals surface area contributed by atoms with Gasteiger partial charge in [0.2, 0.25) is 5.75 Å². The number of methoxy groups -OCH3 is 1. The van der Waals surface area contributed by atoms with Crippen LogP contribution in [0.1, 0.15) is 20.3 Å². The highest BCUT2D eigenvalue weighted by molar-refractivity contribution is 6.08. The fraction of sp³-hybridized carbons (Fsp3) is 0.200. The van der Waals surface area contributed by atoms with E-state index in [0.29, 0.717) is 34.0 Å². The molecule has 0 aliphatic rings. The summed E-state index contributed by atoms with van der Waals surface area (Å²) in [5, 5.41) is 1.62. The minimum absolute atomic E-state index is 0.249. The third-order valence-corrected chi connectivity index (χ3v) is 3.81. The van der Waals surface area contributed by atoms with E-state index in [1.165, 1.54) is 7.11 Å². The molecule has 0 fully saturated rings. The highest BCUT2D eigenvalue weighted by atomic mass is 16.6. The van der Waals surface area contributed by atoms with Gasteiger partial charge in [-0.25, -0.2) is 4.79 Å². The van der Waals surface area contributed by atoms with E-state index in [-0.39, 0.29) is 12.4 Å². The van der Waals surface area contributed by atoms with Crippen molar-refractivity contribution in [1.29, 1.82) is 0 Å². The largest absolute Gasteiger partial charge is 0.490 e. The van der Waals surface area contributed by atoms with Crippen molar-refractivity contribution < 1.29 is 28.2 Å². The summed E-state index contributed by atoms with van der Waals surface area (Å²) in [6.07, 6.45) is 0.249. The number of benzene rings is 2. The Morgan fingerprint density at radius 1 is 1.12 bits per heavy atom. The van der Waals surface area contributed by atoms with Crippen LogP contribution in [0.25, 0.3) is 21.9 Å². The van der Waals surface area contributed by atoms with Crippen LogP contribution in [0.15, 0.2) is 46.9 Å². The molecule has 134 valence electrons. The molecular weight excluding hydrogens is 336 g/mol. The van der Waals surface area contributed by atoms with Gasteiger partial charge in [-0.2, -0.15) is 0 Å². The minimum atomic E-state index is -0.508. The van der Waals surface area contributed by atoms with E-state index in [2.05, 4.69) is 6.58 Å². The number of ether oxygens (including phenoxy) is 3. The van der Waals surface area contributed by atoms with Gasteiger partial charge in [0.25, 0.3) is 0 Å². The van der Waals surface area contributed by atoms with Crippen molar-refractivity contribution >= 4 is 33.9 Å². The topological polar surface area (TPSA) is 75.0 Å². The summed E-state index contributed by atoms with van der Waals surface area (Å²) >= 11 is 0. The zero-order chi connectivity index (χ0) is 18.8. The molecule has 0 bridgehead atoms. The second kappa shape index (κ2) is 6.92. The number of carbonyl (C=O) groups excluding carboxylic acids is 2. The molecule has 3 rings (SSSR count). The molecule has 3 aromatic rings. The molecule has 6 heteroatoms. The number of esters is 2. The second-order valence-corrected chi connectivity index (χ2v) is 5.73. The van der Waals surface area contributed by atoms with Gasteiger partial charge in [0, 0.05) is 28.8 Å². The molecule has 0 unspecified atom stereocenters. The lowest BCUT2D eigenvalue weighted by atomic mass is 10.1. The van der Waals surface area contributed by atoms with Crippen molar-refractivity contribution in [1.82, 2.24) is 0 Å².